The lowest BCUT2D eigenvalue weighted by atomic mass is 9.53. The molecule has 2 heteroatoms. The molecule has 0 saturated carbocycles. The first-order valence-corrected chi connectivity index (χ1v) is 7.74. The first-order chi connectivity index (χ1) is 8.46. The second-order valence-electron chi connectivity index (χ2n) is 7.35. The molecule has 0 aliphatic carbocycles. The molecule has 1 N–H and O–H groups in total. The van der Waals surface area contributed by atoms with Gasteiger partial charge in [0.2, 0.25) is 0 Å². The third kappa shape index (κ3) is 2.60. The molecule has 0 aromatic heterocycles. The van der Waals surface area contributed by atoms with Crippen molar-refractivity contribution >= 4 is 0 Å². The van der Waals surface area contributed by atoms with Crippen LogP contribution in [0.3, 0.4) is 0 Å². The summed E-state index contributed by atoms with van der Waals surface area (Å²) < 4.78 is 5.54. The number of piperidine rings is 1. The van der Waals surface area contributed by atoms with Gasteiger partial charge in [0.15, 0.2) is 0 Å². The van der Waals surface area contributed by atoms with Gasteiger partial charge in [-0.1, -0.05) is 27.7 Å². The molecule has 106 valence electrons. The molecule has 0 aromatic carbocycles. The van der Waals surface area contributed by atoms with Crippen LogP contribution >= 0.6 is 0 Å². The predicted octanol–water partition coefficient (Wildman–Crippen LogP) is 3.47. The van der Waals surface area contributed by atoms with E-state index in [1.807, 2.05) is 0 Å². The molecule has 2 rings (SSSR count). The smallest absolute Gasteiger partial charge is 0.0468 e. The Bertz CT molecular complexity index is 232. The van der Waals surface area contributed by atoms with Gasteiger partial charge in [0.1, 0.15) is 0 Å². The van der Waals surface area contributed by atoms with Crippen molar-refractivity contribution in [1.82, 2.24) is 5.32 Å². The van der Waals surface area contributed by atoms with Crippen molar-refractivity contribution in [3.05, 3.63) is 0 Å². The van der Waals surface area contributed by atoms with Crippen molar-refractivity contribution in [3.8, 4) is 0 Å². The first kappa shape index (κ1) is 14.3. The summed E-state index contributed by atoms with van der Waals surface area (Å²) in [6.07, 6.45) is 5.20. The van der Waals surface area contributed by atoms with Gasteiger partial charge in [-0.25, -0.2) is 0 Å². The minimum atomic E-state index is 0.415. The van der Waals surface area contributed by atoms with E-state index < -0.39 is 0 Å². The average Bonchev–Trinajstić information content (AvgIpc) is 2.40. The zero-order valence-corrected chi connectivity index (χ0v) is 12.7. The number of ether oxygens (including phenoxy) is 1. The molecule has 2 heterocycles. The predicted molar refractivity (Wildman–Crippen MR) is 76.7 cm³/mol. The summed E-state index contributed by atoms with van der Waals surface area (Å²) in [6, 6.07) is 0. The Labute approximate surface area is 113 Å². The van der Waals surface area contributed by atoms with Crippen LogP contribution in [0.15, 0.2) is 0 Å². The van der Waals surface area contributed by atoms with E-state index in [0.29, 0.717) is 10.8 Å². The van der Waals surface area contributed by atoms with Crippen LogP contribution in [0.25, 0.3) is 0 Å². The van der Waals surface area contributed by atoms with Crippen LogP contribution in [-0.4, -0.2) is 26.3 Å². The Morgan fingerprint density at radius 2 is 1.22 bits per heavy atom. The number of hydrogen-bond acceptors (Lipinski definition) is 2. The third-order valence-electron chi connectivity index (χ3n) is 6.26. The first-order valence-electron chi connectivity index (χ1n) is 7.74. The van der Waals surface area contributed by atoms with Gasteiger partial charge < -0.3 is 10.1 Å². The summed E-state index contributed by atoms with van der Waals surface area (Å²) in [5.74, 6) is 1.70. The van der Waals surface area contributed by atoms with Gasteiger partial charge in [-0.2, -0.15) is 0 Å². The highest BCUT2D eigenvalue weighted by Gasteiger charge is 2.47. The van der Waals surface area contributed by atoms with E-state index in [1.54, 1.807) is 0 Å². The molecule has 2 nitrogen and oxygen atoms in total. The molecule has 2 aliphatic heterocycles. The highest BCUT2D eigenvalue weighted by molar-refractivity contribution is 4.96. The third-order valence-corrected chi connectivity index (χ3v) is 6.26. The summed E-state index contributed by atoms with van der Waals surface area (Å²) in [6.45, 7) is 14.4. The molecular formula is C16H31NO. The van der Waals surface area contributed by atoms with Gasteiger partial charge in [0, 0.05) is 13.2 Å². The lowest BCUT2D eigenvalue weighted by Gasteiger charge is -2.53. The summed E-state index contributed by atoms with van der Waals surface area (Å²) in [5, 5.41) is 3.50. The molecule has 0 aromatic rings. The summed E-state index contributed by atoms with van der Waals surface area (Å²) in [5.41, 5.74) is 0.843. The number of hydrogen-bond donors (Lipinski definition) is 1. The van der Waals surface area contributed by atoms with Crippen LogP contribution in [0.1, 0.15) is 53.4 Å². The molecule has 2 fully saturated rings. The summed E-state index contributed by atoms with van der Waals surface area (Å²) in [4.78, 5) is 0. The highest BCUT2D eigenvalue weighted by atomic mass is 16.5. The maximum atomic E-state index is 5.54. The zero-order chi connectivity index (χ0) is 13.2. The van der Waals surface area contributed by atoms with E-state index in [1.165, 1.54) is 38.8 Å². The Morgan fingerprint density at radius 3 is 1.72 bits per heavy atom. The van der Waals surface area contributed by atoms with Crippen LogP contribution in [0.4, 0.5) is 0 Å². The SMILES string of the molecule is CC(C)(C1CCNCC1)C(C)(C)C1CCOCC1. The fourth-order valence-electron chi connectivity index (χ4n) is 4.02. The molecule has 0 amide bonds. The average molecular weight is 253 g/mol. The van der Waals surface area contributed by atoms with Crippen molar-refractivity contribution in [2.45, 2.75) is 53.4 Å². The molecule has 0 atom stereocenters. The van der Waals surface area contributed by atoms with Crippen LogP contribution in [-0.2, 0) is 4.74 Å². The van der Waals surface area contributed by atoms with Crippen molar-refractivity contribution in [1.29, 1.82) is 0 Å². The lowest BCUT2D eigenvalue weighted by molar-refractivity contribution is -0.0644. The number of rotatable bonds is 3. The summed E-state index contributed by atoms with van der Waals surface area (Å²) in [7, 11) is 0. The van der Waals surface area contributed by atoms with E-state index in [9.17, 15) is 0 Å². The van der Waals surface area contributed by atoms with E-state index >= 15 is 0 Å². The van der Waals surface area contributed by atoms with Crippen LogP contribution in [0.2, 0.25) is 0 Å². The molecule has 2 aliphatic rings. The van der Waals surface area contributed by atoms with E-state index in [4.69, 9.17) is 4.74 Å². The van der Waals surface area contributed by atoms with Gasteiger partial charge >= 0.3 is 0 Å². The van der Waals surface area contributed by atoms with E-state index in [0.717, 1.165) is 25.0 Å². The topological polar surface area (TPSA) is 21.3 Å². The lowest BCUT2D eigenvalue weighted by Crippen LogP contribution is -2.48. The standard InChI is InChI=1S/C16H31NO/c1-15(2,13-5-9-17-10-6-13)16(3,4)14-7-11-18-12-8-14/h13-14,17H,5-12H2,1-4H3. The molecule has 0 unspecified atom stereocenters. The minimum Gasteiger partial charge on any atom is -0.381 e. The van der Waals surface area contributed by atoms with Gasteiger partial charge in [-0.15, -0.1) is 0 Å². The second kappa shape index (κ2) is 5.50. The van der Waals surface area contributed by atoms with Gasteiger partial charge in [0.05, 0.1) is 0 Å². The van der Waals surface area contributed by atoms with Crippen LogP contribution in [0, 0.1) is 22.7 Å². The fraction of sp³-hybridized carbons (Fsp3) is 1.00. The normalized spacial score (nSPS) is 25.3. The van der Waals surface area contributed by atoms with E-state index in [-0.39, 0.29) is 0 Å². The van der Waals surface area contributed by atoms with E-state index in [2.05, 4.69) is 33.0 Å². The summed E-state index contributed by atoms with van der Waals surface area (Å²) >= 11 is 0. The quantitative estimate of drug-likeness (QED) is 0.831. The number of nitrogens with one attached hydrogen (secondary N) is 1. The molecule has 0 bridgehead atoms. The maximum Gasteiger partial charge on any atom is 0.0468 e. The van der Waals surface area contributed by atoms with Crippen LogP contribution in [0.5, 0.6) is 0 Å². The Hall–Kier alpha value is -0.0800. The maximum absolute atomic E-state index is 5.54. The Morgan fingerprint density at radius 1 is 0.778 bits per heavy atom. The van der Waals surface area contributed by atoms with Gasteiger partial charge in [-0.05, 0) is 61.4 Å². The monoisotopic (exact) mass is 253 g/mol. The largest absolute Gasteiger partial charge is 0.381 e. The van der Waals surface area contributed by atoms with Gasteiger partial charge in [-0.3, -0.25) is 0 Å². The van der Waals surface area contributed by atoms with Crippen molar-refractivity contribution < 1.29 is 4.74 Å². The Balaban J connectivity index is 2.09. The second-order valence-corrected chi connectivity index (χ2v) is 7.35. The highest BCUT2D eigenvalue weighted by Crippen LogP contribution is 2.53. The molecule has 2 saturated heterocycles. The Kier molecular flexibility index (Phi) is 4.38. The molecular weight excluding hydrogens is 222 g/mol. The van der Waals surface area contributed by atoms with Crippen molar-refractivity contribution in [2.24, 2.45) is 22.7 Å². The molecule has 0 radical (unpaired) electrons. The molecule has 18 heavy (non-hydrogen) atoms. The van der Waals surface area contributed by atoms with Crippen molar-refractivity contribution in [3.63, 3.8) is 0 Å². The van der Waals surface area contributed by atoms with Gasteiger partial charge in [0.25, 0.3) is 0 Å². The van der Waals surface area contributed by atoms with Crippen molar-refractivity contribution in [2.75, 3.05) is 26.3 Å². The molecule has 0 spiro atoms. The van der Waals surface area contributed by atoms with Crippen LogP contribution < -0.4 is 5.32 Å². The minimum absolute atomic E-state index is 0.415. The fourth-order valence-corrected chi connectivity index (χ4v) is 4.02. The zero-order valence-electron chi connectivity index (χ0n) is 12.7.